The molecular weight excluding hydrogens is 279 g/mol. The van der Waals surface area contributed by atoms with Crippen LogP contribution in [0.3, 0.4) is 0 Å². The van der Waals surface area contributed by atoms with Crippen LogP contribution in [-0.4, -0.2) is 15.4 Å². The smallest absolute Gasteiger partial charge is 0.111 e. The summed E-state index contributed by atoms with van der Waals surface area (Å²) in [6.07, 6.45) is 2.87. The fourth-order valence-corrected chi connectivity index (χ4v) is 2.91. The van der Waals surface area contributed by atoms with Crippen molar-refractivity contribution in [3.05, 3.63) is 29.0 Å². The second-order valence-electron chi connectivity index (χ2n) is 5.11. The zero-order chi connectivity index (χ0) is 14.0. The highest BCUT2D eigenvalue weighted by Gasteiger charge is 2.27. The molecule has 0 aliphatic carbocycles. The van der Waals surface area contributed by atoms with Gasteiger partial charge in [0.05, 0.1) is 10.5 Å². The second-order valence-corrected chi connectivity index (χ2v) is 5.90. The third-order valence-electron chi connectivity index (χ3n) is 4.09. The van der Waals surface area contributed by atoms with Crippen molar-refractivity contribution in [1.82, 2.24) is 9.55 Å². The first kappa shape index (κ1) is 14.7. The van der Waals surface area contributed by atoms with Crippen LogP contribution in [0.2, 0.25) is 5.02 Å². The molecule has 19 heavy (non-hydrogen) atoms. The lowest BCUT2D eigenvalue weighted by molar-refractivity contribution is 0.294. The van der Waals surface area contributed by atoms with Crippen LogP contribution in [0.25, 0.3) is 11.0 Å². The summed E-state index contributed by atoms with van der Waals surface area (Å²) in [6, 6.07) is 5.97. The maximum Gasteiger partial charge on any atom is 0.111 e. The van der Waals surface area contributed by atoms with Crippen molar-refractivity contribution in [2.45, 2.75) is 45.6 Å². The van der Waals surface area contributed by atoms with Gasteiger partial charge in [-0.1, -0.05) is 31.5 Å². The quantitative estimate of drug-likeness (QED) is 0.710. The van der Waals surface area contributed by atoms with E-state index in [1.54, 1.807) is 0 Å². The number of benzene rings is 1. The van der Waals surface area contributed by atoms with E-state index in [0.717, 1.165) is 36.1 Å². The van der Waals surface area contributed by atoms with Crippen molar-refractivity contribution in [2.75, 3.05) is 5.88 Å². The molecule has 0 unspecified atom stereocenters. The minimum Gasteiger partial charge on any atom is -0.322 e. The maximum absolute atomic E-state index is 6.27. The van der Waals surface area contributed by atoms with Crippen LogP contribution in [0.15, 0.2) is 18.2 Å². The number of nitrogens with zero attached hydrogens (tertiary/aromatic N) is 2. The van der Waals surface area contributed by atoms with E-state index in [1.807, 2.05) is 12.1 Å². The van der Waals surface area contributed by atoms with Gasteiger partial charge in [0, 0.05) is 17.8 Å². The zero-order valence-corrected chi connectivity index (χ0v) is 13.2. The number of halogens is 2. The number of fused-ring (bicyclic) bond motifs is 1. The largest absolute Gasteiger partial charge is 0.322 e. The highest BCUT2D eigenvalue weighted by molar-refractivity contribution is 6.34. The number of aryl methyl sites for hydroxylation is 1. The molecule has 4 heteroatoms. The fraction of sp³-hybridized carbons (Fsp3) is 0.533. The maximum atomic E-state index is 6.27. The summed E-state index contributed by atoms with van der Waals surface area (Å²) in [5.74, 6) is 1.61. The molecule has 0 aliphatic heterocycles. The Balaban J connectivity index is 2.75. The average Bonchev–Trinajstić information content (AvgIpc) is 2.79. The molecule has 0 saturated carbocycles. The summed E-state index contributed by atoms with van der Waals surface area (Å²) in [5.41, 5.74) is 2.05. The Labute approximate surface area is 124 Å². The molecule has 2 nitrogen and oxygen atoms in total. The summed E-state index contributed by atoms with van der Waals surface area (Å²) in [5, 5.41) is 0.710. The molecule has 0 fully saturated rings. The van der Waals surface area contributed by atoms with E-state index in [0.29, 0.717) is 10.9 Å². The van der Waals surface area contributed by atoms with Gasteiger partial charge >= 0.3 is 0 Å². The van der Waals surface area contributed by atoms with Gasteiger partial charge in [-0.3, -0.25) is 0 Å². The van der Waals surface area contributed by atoms with Crippen molar-refractivity contribution >= 4 is 34.2 Å². The minimum atomic E-state index is 0.0564. The van der Waals surface area contributed by atoms with Gasteiger partial charge in [-0.15, -0.1) is 11.6 Å². The third kappa shape index (κ3) is 2.48. The number of hydrogen-bond acceptors (Lipinski definition) is 1. The Hall–Kier alpha value is -0.730. The van der Waals surface area contributed by atoms with Crippen molar-refractivity contribution in [1.29, 1.82) is 0 Å². The molecule has 0 bridgehead atoms. The van der Waals surface area contributed by atoms with E-state index < -0.39 is 0 Å². The van der Waals surface area contributed by atoms with Crippen molar-refractivity contribution < 1.29 is 0 Å². The van der Waals surface area contributed by atoms with Crippen molar-refractivity contribution in [2.24, 2.45) is 0 Å². The van der Waals surface area contributed by atoms with Crippen LogP contribution in [0.5, 0.6) is 0 Å². The molecule has 2 rings (SSSR count). The van der Waals surface area contributed by atoms with Gasteiger partial charge in [-0.2, -0.15) is 0 Å². The van der Waals surface area contributed by atoms with E-state index in [-0.39, 0.29) is 5.54 Å². The van der Waals surface area contributed by atoms with Crippen LogP contribution in [0, 0.1) is 0 Å². The predicted octanol–water partition coefficient (Wildman–Crippen LogP) is 5.01. The lowest BCUT2D eigenvalue weighted by Crippen LogP contribution is -2.30. The summed E-state index contributed by atoms with van der Waals surface area (Å²) in [6.45, 7) is 6.70. The molecule has 0 radical (unpaired) electrons. The monoisotopic (exact) mass is 298 g/mol. The van der Waals surface area contributed by atoms with Crippen LogP contribution >= 0.6 is 23.2 Å². The zero-order valence-electron chi connectivity index (χ0n) is 11.7. The molecule has 1 aromatic heterocycles. The Morgan fingerprint density at radius 2 is 1.95 bits per heavy atom. The van der Waals surface area contributed by atoms with E-state index in [1.165, 1.54) is 0 Å². The highest BCUT2D eigenvalue weighted by Crippen LogP contribution is 2.33. The van der Waals surface area contributed by atoms with Gasteiger partial charge in [-0.25, -0.2) is 4.98 Å². The van der Waals surface area contributed by atoms with Crippen LogP contribution in [0.4, 0.5) is 0 Å². The van der Waals surface area contributed by atoms with Gasteiger partial charge in [0.1, 0.15) is 11.3 Å². The number of aromatic nitrogens is 2. The Morgan fingerprint density at radius 3 is 2.53 bits per heavy atom. The van der Waals surface area contributed by atoms with Gasteiger partial charge in [0.2, 0.25) is 0 Å². The normalized spacial score (nSPS) is 12.3. The molecule has 104 valence electrons. The van der Waals surface area contributed by atoms with E-state index in [9.17, 15) is 0 Å². The number of para-hydroxylation sites is 1. The molecule has 0 saturated heterocycles. The topological polar surface area (TPSA) is 17.8 Å². The van der Waals surface area contributed by atoms with Crippen molar-refractivity contribution in [3.8, 4) is 0 Å². The molecule has 0 amide bonds. The number of hydrogen-bond donors (Lipinski definition) is 0. The van der Waals surface area contributed by atoms with Gasteiger partial charge < -0.3 is 4.57 Å². The molecule has 0 spiro atoms. The minimum absolute atomic E-state index is 0.0564. The predicted molar refractivity (Wildman–Crippen MR) is 83.4 cm³/mol. The second kappa shape index (κ2) is 5.72. The van der Waals surface area contributed by atoms with E-state index in [4.69, 9.17) is 28.2 Å². The lowest BCUT2D eigenvalue weighted by Gasteiger charge is -2.31. The fourth-order valence-electron chi connectivity index (χ4n) is 2.53. The highest BCUT2D eigenvalue weighted by atomic mass is 35.5. The first-order valence-corrected chi connectivity index (χ1v) is 7.71. The first-order valence-electron chi connectivity index (χ1n) is 6.79. The van der Waals surface area contributed by atoms with Crippen LogP contribution < -0.4 is 0 Å². The van der Waals surface area contributed by atoms with Gasteiger partial charge in [0.25, 0.3) is 0 Å². The summed E-state index contributed by atoms with van der Waals surface area (Å²) < 4.78 is 2.33. The molecule has 1 aromatic carbocycles. The lowest BCUT2D eigenvalue weighted by atomic mass is 9.94. The summed E-state index contributed by atoms with van der Waals surface area (Å²) in [4.78, 5) is 4.71. The van der Waals surface area contributed by atoms with Gasteiger partial charge in [-0.05, 0) is 31.9 Å². The third-order valence-corrected chi connectivity index (χ3v) is 4.58. The molecular formula is C15H20Cl2N2. The number of rotatable bonds is 5. The summed E-state index contributed by atoms with van der Waals surface area (Å²) >= 11 is 12.2. The summed E-state index contributed by atoms with van der Waals surface area (Å²) in [7, 11) is 0. The first-order chi connectivity index (χ1) is 9.07. The molecule has 0 aliphatic rings. The van der Waals surface area contributed by atoms with Crippen LogP contribution in [-0.2, 0) is 12.0 Å². The Morgan fingerprint density at radius 1 is 1.26 bits per heavy atom. The van der Waals surface area contributed by atoms with Crippen molar-refractivity contribution in [3.63, 3.8) is 0 Å². The standard InChI is InChI=1S/C15H20Cl2N2/c1-4-15(3,5-2)19-12-8-6-7-11(17)14(12)18-13(19)9-10-16/h6-8H,4-5,9-10H2,1-3H3. The average molecular weight is 299 g/mol. The number of imidazole rings is 1. The Bertz CT molecular complexity index is 571. The molecule has 0 atom stereocenters. The van der Waals surface area contributed by atoms with Crippen LogP contribution in [0.1, 0.15) is 39.4 Å². The van der Waals surface area contributed by atoms with Gasteiger partial charge in [0.15, 0.2) is 0 Å². The number of alkyl halides is 1. The molecule has 1 heterocycles. The molecule has 2 aromatic rings. The van der Waals surface area contributed by atoms with E-state index in [2.05, 4.69) is 31.4 Å². The molecule has 0 N–H and O–H groups in total. The SMILES string of the molecule is CCC(C)(CC)n1c(CCCl)nc2c(Cl)cccc21. The van der Waals surface area contributed by atoms with E-state index >= 15 is 0 Å². The Kier molecular flexibility index (Phi) is 4.42.